The summed E-state index contributed by atoms with van der Waals surface area (Å²) in [5.74, 6) is 0.668. The number of hydrogen-bond donors (Lipinski definition) is 0. The summed E-state index contributed by atoms with van der Waals surface area (Å²) in [5, 5.41) is 0. The summed E-state index contributed by atoms with van der Waals surface area (Å²) in [5.41, 5.74) is 0. The van der Waals surface area contributed by atoms with Crippen LogP contribution >= 0.6 is 0 Å². The van der Waals surface area contributed by atoms with Gasteiger partial charge in [-0.3, -0.25) is 0 Å². The summed E-state index contributed by atoms with van der Waals surface area (Å²) in [6, 6.07) is 0. The topological polar surface area (TPSA) is 9.23 Å². The average molecular weight is 321 g/mol. The Kier molecular flexibility index (Phi) is 5.93. The fourth-order valence-electron chi connectivity index (χ4n) is 4.32. The smallest absolute Gasteiger partial charge is 0.158 e. The molecule has 1 nitrogen and oxygen atoms in total. The molecule has 18 heavy (non-hydrogen) atoms. The fraction of sp³-hybridized carbons (Fsp3) is 1.00. The van der Waals surface area contributed by atoms with Gasteiger partial charge in [0, 0.05) is 6.61 Å². The van der Waals surface area contributed by atoms with E-state index in [1.165, 1.54) is 0 Å². The normalized spacial score (nSPS) is 15.3. The van der Waals surface area contributed by atoms with Gasteiger partial charge in [-0.05, 0) is 5.92 Å². The van der Waals surface area contributed by atoms with Gasteiger partial charge in [0.2, 0.25) is 0 Å². The van der Waals surface area contributed by atoms with Crippen molar-refractivity contribution in [1.82, 2.24) is 0 Å². The molecule has 0 aliphatic heterocycles. The maximum absolute atomic E-state index is 6.91. The van der Waals surface area contributed by atoms with Crippen LogP contribution in [0.15, 0.2) is 0 Å². The highest BCUT2D eigenvalue weighted by molar-refractivity contribution is 7.87. The molecule has 0 radical (unpaired) electrons. The van der Waals surface area contributed by atoms with Gasteiger partial charge in [-0.25, -0.2) is 0 Å². The van der Waals surface area contributed by atoms with Crippen molar-refractivity contribution in [2.45, 2.75) is 72.8 Å². The minimum absolute atomic E-state index is 0.668. The van der Waals surface area contributed by atoms with E-state index in [0.29, 0.717) is 5.92 Å². The molecule has 0 heterocycles. The molecule has 0 rings (SSSR count). The first-order chi connectivity index (χ1) is 7.67. The fourth-order valence-corrected chi connectivity index (χ4v) is 98.6. The van der Waals surface area contributed by atoms with Crippen molar-refractivity contribution in [2.75, 3.05) is 6.61 Å². The lowest BCUT2D eigenvalue weighted by Crippen LogP contribution is -2.84. The molecule has 5 heteroatoms. The van der Waals surface area contributed by atoms with Gasteiger partial charge in [0.25, 0.3) is 0 Å². The Labute approximate surface area is 119 Å². The number of hydrogen-bond acceptors (Lipinski definition) is 1. The molecule has 0 fully saturated rings. The van der Waals surface area contributed by atoms with E-state index in [2.05, 4.69) is 72.8 Å². The van der Waals surface area contributed by atoms with Crippen molar-refractivity contribution < 1.29 is 4.43 Å². The molecule has 0 amide bonds. The largest absolute Gasteiger partial charge is 0.426 e. The predicted octanol–water partition coefficient (Wildman–Crippen LogP) is 4.85. The summed E-state index contributed by atoms with van der Waals surface area (Å²) in [4.78, 5) is 0. The van der Waals surface area contributed by atoms with Crippen LogP contribution in [0.3, 0.4) is 0 Å². The Hall–Kier alpha value is 0.828. The minimum Gasteiger partial charge on any atom is -0.426 e. The molecule has 0 aliphatic carbocycles. The van der Waals surface area contributed by atoms with Crippen molar-refractivity contribution in [3.63, 3.8) is 0 Å². The first-order valence-corrected chi connectivity index (χ1v) is 22.7. The molecular formula is C13H36OSi4. The molecular weight excluding hydrogens is 284 g/mol. The lowest BCUT2D eigenvalue weighted by molar-refractivity contribution is 0.280. The zero-order valence-corrected chi connectivity index (χ0v) is 18.7. The van der Waals surface area contributed by atoms with E-state index in [1.807, 2.05) is 0 Å². The lowest BCUT2D eigenvalue weighted by Gasteiger charge is -2.56. The highest BCUT2D eigenvalue weighted by Crippen LogP contribution is 2.38. The van der Waals surface area contributed by atoms with Crippen molar-refractivity contribution >= 4 is 29.6 Å². The highest BCUT2D eigenvalue weighted by atomic mass is 29.9. The number of rotatable bonds is 6. The van der Waals surface area contributed by atoms with E-state index >= 15 is 0 Å². The molecule has 0 aliphatic rings. The van der Waals surface area contributed by atoms with Crippen molar-refractivity contribution in [3.8, 4) is 0 Å². The van der Waals surface area contributed by atoms with Crippen LogP contribution in [-0.4, -0.2) is 36.3 Å². The predicted molar refractivity (Wildman–Crippen MR) is 96.6 cm³/mol. The van der Waals surface area contributed by atoms with Crippen LogP contribution in [0.4, 0.5) is 0 Å². The van der Waals surface area contributed by atoms with Gasteiger partial charge in [-0.1, -0.05) is 72.8 Å². The van der Waals surface area contributed by atoms with E-state index in [0.717, 1.165) is 6.61 Å². The standard InChI is InChI=1S/C13H36OSi4/c1-13(2)12-14-18(15(3,4)5,16(6,7)8)17(9,10)11/h13H,12H2,1-11H3. The van der Waals surface area contributed by atoms with Gasteiger partial charge in [0.15, 0.2) is 6.87 Å². The first kappa shape index (κ1) is 18.8. The van der Waals surface area contributed by atoms with Gasteiger partial charge >= 0.3 is 0 Å². The van der Waals surface area contributed by atoms with Crippen molar-refractivity contribution in [2.24, 2.45) is 5.92 Å². The Morgan fingerprint density at radius 1 is 0.667 bits per heavy atom. The van der Waals surface area contributed by atoms with Crippen LogP contribution < -0.4 is 0 Å². The summed E-state index contributed by atoms with van der Waals surface area (Å²) < 4.78 is 6.91. The van der Waals surface area contributed by atoms with Crippen LogP contribution in [0, 0.1) is 5.92 Å². The van der Waals surface area contributed by atoms with Gasteiger partial charge in [0.05, 0.1) is 22.8 Å². The zero-order valence-electron chi connectivity index (χ0n) is 14.7. The third kappa shape index (κ3) is 3.68. The maximum atomic E-state index is 6.91. The third-order valence-electron chi connectivity index (χ3n) is 3.80. The molecule has 0 unspecified atom stereocenters. The molecule has 0 bridgehead atoms. The monoisotopic (exact) mass is 320 g/mol. The second-order valence-corrected chi connectivity index (χ2v) is 48.6. The van der Waals surface area contributed by atoms with E-state index < -0.39 is 29.6 Å². The maximum Gasteiger partial charge on any atom is 0.158 e. The molecule has 0 aromatic carbocycles. The summed E-state index contributed by atoms with van der Waals surface area (Å²) >= 11 is 0. The van der Waals surface area contributed by atoms with Gasteiger partial charge in [-0.15, -0.1) is 0 Å². The Bertz CT molecular complexity index is 232. The molecule has 0 atom stereocenters. The molecule has 0 aromatic heterocycles. The van der Waals surface area contributed by atoms with Crippen LogP contribution in [0.5, 0.6) is 0 Å². The summed E-state index contributed by atoms with van der Waals surface area (Å²) in [7, 11) is -3.70. The summed E-state index contributed by atoms with van der Waals surface area (Å²) in [6.07, 6.45) is 0. The lowest BCUT2D eigenvalue weighted by atomic mass is 10.2. The van der Waals surface area contributed by atoms with Crippen molar-refractivity contribution in [1.29, 1.82) is 0 Å². The summed E-state index contributed by atoms with van der Waals surface area (Å²) in [6.45, 7) is 27.2. The first-order valence-electron chi connectivity index (χ1n) is 7.31. The van der Waals surface area contributed by atoms with E-state index in [1.54, 1.807) is 0 Å². The van der Waals surface area contributed by atoms with E-state index in [-0.39, 0.29) is 0 Å². The van der Waals surface area contributed by atoms with Gasteiger partial charge < -0.3 is 4.43 Å². The average Bonchev–Trinajstić information content (AvgIpc) is 1.94. The van der Waals surface area contributed by atoms with Crippen LogP contribution in [0.25, 0.3) is 0 Å². The quantitative estimate of drug-likeness (QED) is 0.635. The third-order valence-corrected chi connectivity index (χ3v) is 71.5. The van der Waals surface area contributed by atoms with Crippen LogP contribution in [0.1, 0.15) is 13.8 Å². The van der Waals surface area contributed by atoms with Crippen LogP contribution in [0.2, 0.25) is 58.9 Å². The second kappa shape index (κ2) is 5.67. The molecule has 0 saturated carbocycles. The van der Waals surface area contributed by atoms with Gasteiger partial charge in [-0.2, -0.15) is 0 Å². The van der Waals surface area contributed by atoms with Gasteiger partial charge in [0.1, 0.15) is 0 Å². The molecule has 110 valence electrons. The SMILES string of the molecule is CC(C)CO[Si]([Si](C)(C)C)([Si](C)(C)C)[Si](C)(C)C. The molecule has 0 aromatic rings. The van der Waals surface area contributed by atoms with Crippen LogP contribution in [-0.2, 0) is 4.43 Å². The molecule has 0 N–H and O–H groups in total. The Morgan fingerprint density at radius 2 is 0.944 bits per heavy atom. The molecule has 0 saturated heterocycles. The Morgan fingerprint density at radius 3 is 1.11 bits per heavy atom. The highest BCUT2D eigenvalue weighted by Gasteiger charge is 2.63. The minimum atomic E-state index is -1.55. The van der Waals surface area contributed by atoms with E-state index in [9.17, 15) is 0 Å². The second-order valence-electron chi connectivity index (χ2n) is 9.14. The van der Waals surface area contributed by atoms with E-state index in [4.69, 9.17) is 4.43 Å². The Balaban J connectivity index is 5.76. The molecule has 0 spiro atoms. The zero-order chi connectivity index (χ0) is 15.0. The van der Waals surface area contributed by atoms with Crippen molar-refractivity contribution in [3.05, 3.63) is 0 Å².